The van der Waals surface area contributed by atoms with Gasteiger partial charge in [-0.3, -0.25) is 0 Å². The molecule has 0 heterocycles. The van der Waals surface area contributed by atoms with Crippen LogP contribution in [-0.4, -0.2) is 6.66 Å². The molecule has 0 N–H and O–H groups in total. The van der Waals surface area contributed by atoms with Crippen LogP contribution in [-0.2, 0) is 0 Å². The van der Waals surface area contributed by atoms with Crippen molar-refractivity contribution in [3.8, 4) is 0 Å². The van der Waals surface area contributed by atoms with Crippen LogP contribution in [0.15, 0.2) is 127 Å². The maximum Gasteiger partial charge on any atom is -0.107 e. The molecule has 0 spiro atoms. The third-order valence-electron chi connectivity index (χ3n) is 6.87. The number of hydrogen-bond acceptors (Lipinski definition) is 0. The Labute approximate surface area is 208 Å². The van der Waals surface area contributed by atoms with Crippen LogP contribution in [0.4, 0.5) is 0 Å². The van der Waals surface area contributed by atoms with Crippen molar-refractivity contribution >= 4 is 62.6 Å². The Morgan fingerprint density at radius 2 is 0.875 bits per heavy atom. The quantitative estimate of drug-likeness (QED) is 0.177. The summed E-state index contributed by atoms with van der Waals surface area (Å²) < 4.78 is 0. The Kier molecular flexibility index (Phi) is 6.25. The number of hydrogen-bond donors (Lipinski definition) is 0. The van der Waals surface area contributed by atoms with Crippen LogP contribution in [0.1, 0.15) is 5.56 Å². The minimum Gasteiger partial charge on any atom is -0.107 e. The third kappa shape index (κ3) is 3.22. The van der Waals surface area contributed by atoms with Crippen molar-refractivity contribution in [3.63, 3.8) is 0 Å². The van der Waals surface area contributed by atoms with Gasteiger partial charge in [-0.1, -0.05) is 0 Å². The molecule has 0 unspecified atom stereocenters. The second-order valence-electron chi connectivity index (χ2n) is 8.52. The first-order chi connectivity index (χ1) is 15.1. The summed E-state index contributed by atoms with van der Waals surface area (Å²) in [4.78, 5) is 0. The summed E-state index contributed by atoms with van der Waals surface area (Å²) in [6.07, 6.45) is 0. The Morgan fingerprint density at radius 1 is 0.469 bits per heavy atom. The van der Waals surface area contributed by atoms with Gasteiger partial charge < -0.3 is 0 Å². The number of aryl methyl sites for hydroxylation is 1. The van der Waals surface area contributed by atoms with E-state index in [1.165, 1.54) is 37.6 Å². The monoisotopic (exact) mass is 546 g/mol. The molecule has 5 aromatic carbocycles. The molecule has 32 heavy (non-hydrogen) atoms. The van der Waals surface area contributed by atoms with Gasteiger partial charge in [0.25, 0.3) is 0 Å². The first-order valence-corrected chi connectivity index (χ1v) is 13.5. The number of benzene rings is 5. The second kappa shape index (κ2) is 8.81. The van der Waals surface area contributed by atoms with E-state index in [9.17, 15) is 0 Å². The molecular weight excluding hydrogens is 518 g/mol. The fraction of sp³-hybridized carbons (Fsp3) is 0.0667. The minimum atomic E-state index is -3.04. The van der Waals surface area contributed by atoms with Gasteiger partial charge >= 0.3 is 185 Å². The van der Waals surface area contributed by atoms with E-state index >= 15 is 0 Å². The molecule has 0 aromatic heterocycles. The molecule has 0 aliphatic rings. The number of rotatable bonds is 4. The predicted octanol–water partition coefficient (Wildman–Crippen LogP) is 6.55. The van der Waals surface area contributed by atoms with Gasteiger partial charge in [-0.05, 0) is 0 Å². The zero-order valence-electron chi connectivity index (χ0n) is 18.5. The standard InChI is InChI=1S/C30H27P.HI/c1-24-22-23-25-14-12-13-21-29(25)30(24)31(2,26-15-6-3-7-16-26,27-17-8-4-9-18-27)28-19-10-5-11-20-28;/h3-23H,1-2H3;1H. The van der Waals surface area contributed by atoms with Crippen molar-refractivity contribution in [1.82, 2.24) is 0 Å². The van der Waals surface area contributed by atoms with Crippen LogP contribution < -0.4 is 21.2 Å². The van der Waals surface area contributed by atoms with E-state index in [1.807, 2.05) is 0 Å². The van der Waals surface area contributed by atoms with E-state index in [-0.39, 0.29) is 24.0 Å². The van der Waals surface area contributed by atoms with Gasteiger partial charge in [-0.2, -0.15) is 0 Å². The molecule has 5 rings (SSSR count). The van der Waals surface area contributed by atoms with Crippen molar-refractivity contribution < 1.29 is 0 Å². The van der Waals surface area contributed by atoms with Crippen LogP contribution in [0, 0.1) is 6.92 Å². The van der Waals surface area contributed by atoms with Crippen molar-refractivity contribution in [1.29, 1.82) is 0 Å². The van der Waals surface area contributed by atoms with Gasteiger partial charge in [0.2, 0.25) is 0 Å². The smallest absolute Gasteiger partial charge is 0.107 e. The van der Waals surface area contributed by atoms with Crippen molar-refractivity contribution in [2.75, 3.05) is 6.66 Å². The van der Waals surface area contributed by atoms with E-state index in [0.717, 1.165) is 0 Å². The Balaban J connectivity index is 0.00000245. The third-order valence-corrected chi connectivity index (χ3v) is 13.3. The Bertz CT molecular complexity index is 1250. The first-order valence-electron chi connectivity index (χ1n) is 10.8. The largest absolute Gasteiger partial charge is 0.107 e. The molecule has 0 bridgehead atoms. The maximum absolute atomic E-state index is 3.04. The molecule has 0 fully saturated rings. The summed E-state index contributed by atoms with van der Waals surface area (Å²) in [5, 5.41) is 8.29. The first kappa shape index (κ1) is 22.7. The number of fused-ring (bicyclic) bond motifs is 1. The summed E-state index contributed by atoms with van der Waals surface area (Å²) in [5.41, 5.74) is 1.34. The molecule has 160 valence electrons. The van der Waals surface area contributed by atoms with Crippen LogP contribution in [0.5, 0.6) is 0 Å². The van der Waals surface area contributed by atoms with Gasteiger partial charge in [-0.15, -0.1) is 24.0 Å². The van der Waals surface area contributed by atoms with Crippen molar-refractivity contribution in [3.05, 3.63) is 133 Å². The topological polar surface area (TPSA) is 0 Å². The fourth-order valence-electron chi connectivity index (χ4n) is 5.34. The van der Waals surface area contributed by atoms with E-state index in [0.29, 0.717) is 0 Å². The van der Waals surface area contributed by atoms with Crippen molar-refractivity contribution in [2.45, 2.75) is 6.92 Å². The van der Waals surface area contributed by atoms with E-state index in [1.54, 1.807) is 0 Å². The Hall–Kier alpha value is -2.48. The predicted molar refractivity (Wildman–Crippen MR) is 155 cm³/mol. The van der Waals surface area contributed by atoms with Gasteiger partial charge in [0, 0.05) is 0 Å². The van der Waals surface area contributed by atoms with Gasteiger partial charge in [-0.25, -0.2) is 0 Å². The molecule has 0 saturated carbocycles. The summed E-state index contributed by atoms with van der Waals surface area (Å²) in [5.74, 6) is 0. The summed E-state index contributed by atoms with van der Waals surface area (Å²) in [6.45, 7) is 1.78. The molecule has 0 atom stereocenters. The van der Waals surface area contributed by atoms with Gasteiger partial charge in [0.15, 0.2) is 0 Å². The molecule has 2 heteroatoms. The fourth-order valence-corrected chi connectivity index (χ4v) is 11.5. The van der Waals surface area contributed by atoms with Crippen LogP contribution in [0.3, 0.4) is 0 Å². The average Bonchev–Trinajstić information content (AvgIpc) is 2.85. The molecule has 0 nitrogen and oxygen atoms in total. The Morgan fingerprint density at radius 3 is 1.34 bits per heavy atom. The normalized spacial score (nSPS) is 12.5. The molecule has 0 aliphatic carbocycles. The SMILES string of the molecule is Cc1ccc2ccccc2c1P(C)(c1ccccc1)(c1ccccc1)c1ccccc1.I. The molecule has 0 radical (unpaired) electrons. The van der Waals surface area contributed by atoms with Crippen LogP contribution >= 0.6 is 30.6 Å². The van der Waals surface area contributed by atoms with Crippen molar-refractivity contribution in [2.24, 2.45) is 0 Å². The van der Waals surface area contributed by atoms with E-state index < -0.39 is 6.60 Å². The molecule has 5 aromatic rings. The number of halogens is 1. The van der Waals surface area contributed by atoms with Crippen LogP contribution in [0.25, 0.3) is 10.8 Å². The molecular formula is C30H28IP. The second-order valence-corrected chi connectivity index (χ2v) is 13.7. The van der Waals surface area contributed by atoms with Gasteiger partial charge in [0.05, 0.1) is 0 Å². The molecule has 0 saturated heterocycles. The zero-order chi connectivity index (χ0) is 21.3. The van der Waals surface area contributed by atoms with E-state index in [2.05, 4.69) is 141 Å². The summed E-state index contributed by atoms with van der Waals surface area (Å²) in [6, 6.07) is 46.9. The summed E-state index contributed by atoms with van der Waals surface area (Å²) >= 11 is 0. The van der Waals surface area contributed by atoms with Gasteiger partial charge in [0.1, 0.15) is 0 Å². The summed E-state index contributed by atoms with van der Waals surface area (Å²) in [7, 11) is 0. The molecule has 0 amide bonds. The van der Waals surface area contributed by atoms with E-state index in [4.69, 9.17) is 0 Å². The maximum atomic E-state index is 2.54. The zero-order valence-corrected chi connectivity index (χ0v) is 21.7. The van der Waals surface area contributed by atoms with Crippen LogP contribution in [0.2, 0.25) is 0 Å². The average molecular weight is 546 g/mol. The minimum absolute atomic E-state index is 0. The molecule has 0 aliphatic heterocycles.